The van der Waals surface area contributed by atoms with Crippen LogP contribution in [0.5, 0.6) is 0 Å². The molecule has 1 amide bonds. The van der Waals surface area contributed by atoms with E-state index in [9.17, 15) is 4.79 Å². The van der Waals surface area contributed by atoms with Gasteiger partial charge in [-0.1, -0.05) is 6.92 Å². The standard InChI is InChI=1S/C15H22N2O2S/c1-2-13-10-20-14(16-13)11-4-3-6-17(8-11)15(18)12-5-7-19-9-12/h10-12H,2-9H2,1H3/t11-,12+/m0/s1. The number of carbonyl (C=O) groups excluding carboxylic acids is 1. The van der Waals surface area contributed by atoms with E-state index in [-0.39, 0.29) is 5.92 Å². The monoisotopic (exact) mass is 294 g/mol. The zero-order valence-corrected chi connectivity index (χ0v) is 12.8. The predicted octanol–water partition coefficient (Wildman–Crippen LogP) is 2.45. The van der Waals surface area contributed by atoms with E-state index in [2.05, 4.69) is 12.3 Å². The van der Waals surface area contributed by atoms with E-state index < -0.39 is 0 Å². The zero-order chi connectivity index (χ0) is 13.9. The van der Waals surface area contributed by atoms with Crippen LogP contribution in [0.3, 0.4) is 0 Å². The second-order valence-corrected chi connectivity index (χ2v) is 6.60. The minimum Gasteiger partial charge on any atom is -0.381 e. The molecule has 110 valence electrons. The summed E-state index contributed by atoms with van der Waals surface area (Å²) < 4.78 is 5.34. The average molecular weight is 294 g/mol. The van der Waals surface area contributed by atoms with Crippen molar-refractivity contribution in [3.05, 3.63) is 16.1 Å². The molecule has 2 aliphatic heterocycles. The Morgan fingerprint density at radius 3 is 3.15 bits per heavy atom. The van der Waals surface area contributed by atoms with E-state index in [1.54, 1.807) is 11.3 Å². The second-order valence-electron chi connectivity index (χ2n) is 5.71. The summed E-state index contributed by atoms with van der Waals surface area (Å²) in [4.78, 5) is 19.2. The molecule has 1 aromatic rings. The molecule has 2 saturated heterocycles. The lowest BCUT2D eigenvalue weighted by Crippen LogP contribution is -2.42. The van der Waals surface area contributed by atoms with Gasteiger partial charge >= 0.3 is 0 Å². The van der Waals surface area contributed by atoms with Gasteiger partial charge in [-0.25, -0.2) is 4.98 Å². The zero-order valence-electron chi connectivity index (χ0n) is 12.0. The van der Waals surface area contributed by atoms with Gasteiger partial charge in [-0.2, -0.15) is 0 Å². The summed E-state index contributed by atoms with van der Waals surface area (Å²) in [7, 11) is 0. The first-order valence-electron chi connectivity index (χ1n) is 7.58. The van der Waals surface area contributed by atoms with Gasteiger partial charge in [-0.3, -0.25) is 4.79 Å². The number of likely N-dealkylation sites (tertiary alicyclic amines) is 1. The number of carbonyl (C=O) groups is 1. The van der Waals surface area contributed by atoms with Crippen LogP contribution in [0.4, 0.5) is 0 Å². The smallest absolute Gasteiger partial charge is 0.228 e. The van der Waals surface area contributed by atoms with E-state index in [0.29, 0.717) is 18.4 Å². The van der Waals surface area contributed by atoms with Gasteiger partial charge in [-0.05, 0) is 25.7 Å². The topological polar surface area (TPSA) is 42.4 Å². The maximum atomic E-state index is 12.5. The Kier molecular flexibility index (Phi) is 4.36. The highest BCUT2D eigenvalue weighted by Crippen LogP contribution is 2.30. The molecule has 5 heteroatoms. The fraction of sp³-hybridized carbons (Fsp3) is 0.733. The quantitative estimate of drug-likeness (QED) is 0.860. The molecule has 0 radical (unpaired) electrons. The van der Waals surface area contributed by atoms with Gasteiger partial charge in [0.25, 0.3) is 0 Å². The summed E-state index contributed by atoms with van der Waals surface area (Å²) in [5.41, 5.74) is 1.18. The van der Waals surface area contributed by atoms with Crippen LogP contribution < -0.4 is 0 Å². The average Bonchev–Trinajstić information content (AvgIpc) is 3.17. The Morgan fingerprint density at radius 2 is 2.45 bits per heavy atom. The fourth-order valence-electron chi connectivity index (χ4n) is 3.04. The van der Waals surface area contributed by atoms with E-state index in [1.165, 1.54) is 10.7 Å². The van der Waals surface area contributed by atoms with E-state index in [4.69, 9.17) is 9.72 Å². The Bertz CT molecular complexity index is 468. The SMILES string of the molecule is CCc1csc([C@H]2CCCN(C(=O)[C@@H]3CCOC3)C2)n1. The maximum absolute atomic E-state index is 12.5. The molecule has 3 rings (SSSR count). The number of thiazole rings is 1. The third kappa shape index (κ3) is 2.88. The molecule has 4 nitrogen and oxygen atoms in total. The summed E-state index contributed by atoms with van der Waals surface area (Å²) in [5.74, 6) is 0.816. The van der Waals surface area contributed by atoms with Crippen LogP contribution in [-0.4, -0.2) is 42.1 Å². The largest absolute Gasteiger partial charge is 0.381 e. The number of hydrogen-bond donors (Lipinski definition) is 0. The third-order valence-electron chi connectivity index (χ3n) is 4.29. The molecule has 0 unspecified atom stereocenters. The van der Waals surface area contributed by atoms with Crippen molar-refractivity contribution in [2.24, 2.45) is 5.92 Å². The number of piperidine rings is 1. The van der Waals surface area contributed by atoms with Gasteiger partial charge in [0.05, 0.1) is 23.2 Å². The number of ether oxygens (including phenoxy) is 1. The van der Waals surface area contributed by atoms with Gasteiger partial charge in [-0.15, -0.1) is 11.3 Å². The molecule has 2 aliphatic rings. The van der Waals surface area contributed by atoms with E-state index >= 15 is 0 Å². The summed E-state index contributed by atoms with van der Waals surface area (Å²) in [6.45, 7) is 5.22. The van der Waals surface area contributed by atoms with Gasteiger partial charge in [0.15, 0.2) is 0 Å². The molecular weight excluding hydrogens is 272 g/mol. The predicted molar refractivity (Wildman–Crippen MR) is 79.0 cm³/mol. The Labute approximate surface area is 124 Å². The van der Waals surface area contributed by atoms with Gasteiger partial charge in [0.1, 0.15) is 0 Å². The van der Waals surface area contributed by atoms with Crippen LogP contribution in [0.15, 0.2) is 5.38 Å². The number of nitrogens with zero attached hydrogens (tertiary/aromatic N) is 2. The van der Waals surface area contributed by atoms with Crippen LogP contribution in [0, 0.1) is 5.92 Å². The van der Waals surface area contributed by atoms with E-state index in [1.807, 2.05) is 4.90 Å². The summed E-state index contributed by atoms with van der Waals surface area (Å²) in [5, 5.41) is 3.36. The molecule has 3 heterocycles. The van der Waals surface area contributed by atoms with Crippen molar-refractivity contribution < 1.29 is 9.53 Å². The minimum absolute atomic E-state index is 0.0937. The first-order valence-corrected chi connectivity index (χ1v) is 8.46. The molecule has 0 spiro atoms. The first-order chi connectivity index (χ1) is 9.78. The van der Waals surface area contributed by atoms with Gasteiger partial charge in [0.2, 0.25) is 5.91 Å². The molecule has 20 heavy (non-hydrogen) atoms. The highest BCUT2D eigenvalue weighted by Gasteiger charge is 2.32. The normalized spacial score (nSPS) is 26.9. The molecule has 2 fully saturated rings. The van der Waals surface area contributed by atoms with Crippen LogP contribution in [0.1, 0.15) is 42.8 Å². The van der Waals surface area contributed by atoms with Crippen LogP contribution >= 0.6 is 11.3 Å². The van der Waals surface area contributed by atoms with Crippen molar-refractivity contribution in [1.29, 1.82) is 0 Å². The van der Waals surface area contributed by atoms with Crippen molar-refractivity contribution in [2.45, 2.75) is 38.5 Å². The van der Waals surface area contributed by atoms with Crippen molar-refractivity contribution in [2.75, 3.05) is 26.3 Å². The van der Waals surface area contributed by atoms with Crippen molar-refractivity contribution in [3.63, 3.8) is 0 Å². The number of amides is 1. The Balaban J connectivity index is 1.65. The molecular formula is C15H22N2O2S. The fourth-order valence-corrected chi connectivity index (χ4v) is 4.07. The van der Waals surface area contributed by atoms with E-state index in [0.717, 1.165) is 45.4 Å². The molecule has 0 saturated carbocycles. The van der Waals surface area contributed by atoms with Gasteiger partial charge in [0, 0.05) is 31.0 Å². The number of aryl methyl sites for hydroxylation is 1. The second kappa shape index (κ2) is 6.22. The van der Waals surface area contributed by atoms with Crippen LogP contribution in [0.25, 0.3) is 0 Å². The van der Waals surface area contributed by atoms with Crippen LogP contribution in [-0.2, 0) is 16.0 Å². The molecule has 1 aromatic heterocycles. The Morgan fingerprint density at radius 1 is 1.55 bits per heavy atom. The lowest BCUT2D eigenvalue weighted by atomic mass is 9.97. The maximum Gasteiger partial charge on any atom is 0.228 e. The minimum atomic E-state index is 0.0937. The lowest BCUT2D eigenvalue weighted by molar-refractivity contribution is -0.136. The summed E-state index contributed by atoms with van der Waals surface area (Å²) in [6, 6.07) is 0. The first kappa shape index (κ1) is 14.0. The molecule has 0 bridgehead atoms. The third-order valence-corrected chi connectivity index (χ3v) is 5.35. The number of hydrogen-bond acceptors (Lipinski definition) is 4. The molecule has 0 aromatic carbocycles. The molecule has 2 atom stereocenters. The number of aromatic nitrogens is 1. The van der Waals surface area contributed by atoms with Crippen molar-refractivity contribution >= 4 is 17.2 Å². The highest BCUT2D eigenvalue weighted by atomic mass is 32.1. The molecule has 0 N–H and O–H groups in total. The summed E-state index contributed by atoms with van der Waals surface area (Å²) in [6.07, 6.45) is 4.12. The highest BCUT2D eigenvalue weighted by molar-refractivity contribution is 7.09. The van der Waals surface area contributed by atoms with Crippen LogP contribution in [0.2, 0.25) is 0 Å². The summed E-state index contributed by atoms with van der Waals surface area (Å²) >= 11 is 1.75. The van der Waals surface area contributed by atoms with Crippen molar-refractivity contribution in [1.82, 2.24) is 9.88 Å². The van der Waals surface area contributed by atoms with Gasteiger partial charge < -0.3 is 9.64 Å². The van der Waals surface area contributed by atoms with Crippen molar-refractivity contribution in [3.8, 4) is 0 Å². The number of rotatable bonds is 3. The molecule has 0 aliphatic carbocycles. The Hall–Kier alpha value is -0.940. The lowest BCUT2D eigenvalue weighted by Gasteiger charge is -2.33.